The standard InChI is InChI=1S/C13H8Cl3NO/c14-10-6-5-8(11(15)12(10)16)7-3-1-2-4-9(7)13(17)18/h1-6H,(H2,17,18). The molecule has 5 heteroatoms. The number of carbonyl (C=O) groups is 1. The minimum absolute atomic E-state index is 0.259. The Hall–Kier alpha value is -1.22. The molecule has 18 heavy (non-hydrogen) atoms. The fourth-order valence-corrected chi connectivity index (χ4v) is 2.30. The van der Waals surface area contributed by atoms with Gasteiger partial charge in [-0.15, -0.1) is 0 Å². The largest absolute Gasteiger partial charge is 0.366 e. The van der Waals surface area contributed by atoms with Crippen LogP contribution < -0.4 is 5.73 Å². The van der Waals surface area contributed by atoms with Crippen molar-refractivity contribution in [2.24, 2.45) is 5.73 Å². The van der Waals surface area contributed by atoms with Crippen LogP contribution in [0.1, 0.15) is 10.4 Å². The van der Waals surface area contributed by atoms with E-state index in [1.54, 1.807) is 36.4 Å². The highest BCUT2D eigenvalue weighted by Crippen LogP contribution is 2.38. The Kier molecular flexibility index (Phi) is 3.81. The van der Waals surface area contributed by atoms with Gasteiger partial charge in [-0.25, -0.2) is 0 Å². The Labute approximate surface area is 119 Å². The van der Waals surface area contributed by atoms with E-state index in [0.29, 0.717) is 26.7 Å². The number of nitrogens with two attached hydrogens (primary N) is 1. The van der Waals surface area contributed by atoms with E-state index in [1.807, 2.05) is 0 Å². The van der Waals surface area contributed by atoms with Gasteiger partial charge in [0.1, 0.15) is 0 Å². The number of benzene rings is 2. The average Bonchev–Trinajstić information content (AvgIpc) is 2.36. The number of halogens is 3. The Morgan fingerprint density at radius 3 is 2.22 bits per heavy atom. The number of carbonyl (C=O) groups excluding carboxylic acids is 1. The van der Waals surface area contributed by atoms with Crippen LogP contribution in [0.3, 0.4) is 0 Å². The van der Waals surface area contributed by atoms with Gasteiger partial charge in [0.05, 0.1) is 15.1 Å². The molecule has 0 aliphatic heterocycles. The first kappa shape index (κ1) is 13.2. The first-order chi connectivity index (χ1) is 8.52. The second-order valence-electron chi connectivity index (χ2n) is 3.63. The van der Waals surface area contributed by atoms with Crippen LogP contribution in [0.15, 0.2) is 36.4 Å². The maximum Gasteiger partial charge on any atom is 0.249 e. The van der Waals surface area contributed by atoms with Gasteiger partial charge in [-0.2, -0.15) is 0 Å². The third kappa shape index (κ3) is 2.32. The fourth-order valence-electron chi connectivity index (χ4n) is 1.67. The zero-order chi connectivity index (χ0) is 13.3. The summed E-state index contributed by atoms with van der Waals surface area (Å²) in [6, 6.07) is 10.2. The van der Waals surface area contributed by atoms with Gasteiger partial charge in [0.2, 0.25) is 5.91 Å². The molecule has 0 atom stereocenters. The maximum absolute atomic E-state index is 11.4. The van der Waals surface area contributed by atoms with E-state index in [1.165, 1.54) is 0 Å². The fraction of sp³-hybridized carbons (Fsp3) is 0. The van der Waals surface area contributed by atoms with E-state index in [2.05, 4.69) is 0 Å². The lowest BCUT2D eigenvalue weighted by Crippen LogP contribution is -2.12. The molecule has 2 rings (SSSR count). The zero-order valence-corrected chi connectivity index (χ0v) is 11.4. The normalized spacial score (nSPS) is 10.4. The lowest BCUT2D eigenvalue weighted by atomic mass is 9.99. The number of primary amides is 1. The molecule has 0 fully saturated rings. The summed E-state index contributed by atoms with van der Waals surface area (Å²) in [6.45, 7) is 0. The van der Waals surface area contributed by atoms with Crippen molar-refractivity contribution in [3.8, 4) is 11.1 Å². The van der Waals surface area contributed by atoms with Crippen molar-refractivity contribution < 1.29 is 4.79 Å². The summed E-state index contributed by atoms with van der Waals surface area (Å²) in [5.41, 5.74) is 6.97. The summed E-state index contributed by atoms with van der Waals surface area (Å²) >= 11 is 18.0. The van der Waals surface area contributed by atoms with Gasteiger partial charge in [0.15, 0.2) is 0 Å². The molecule has 0 saturated carbocycles. The predicted molar refractivity (Wildman–Crippen MR) is 75.4 cm³/mol. The molecule has 0 aliphatic carbocycles. The molecule has 2 nitrogen and oxygen atoms in total. The minimum atomic E-state index is -0.521. The van der Waals surface area contributed by atoms with Gasteiger partial charge >= 0.3 is 0 Å². The monoisotopic (exact) mass is 299 g/mol. The summed E-state index contributed by atoms with van der Waals surface area (Å²) in [5.74, 6) is -0.521. The van der Waals surface area contributed by atoms with Gasteiger partial charge in [-0.3, -0.25) is 4.79 Å². The molecule has 92 valence electrons. The Bertz CT molecular complexity index is 626. The molecule has 0 bridgehead atoms. The molecule has 1 amide bonds. The van der Waals surface area contributed by atoms with Crippen LogP contribution in [0.25, 0.3) is 11.1 Å². The SMILES string of the molecule is NC(=O)c1ccccc1-c1ccc(Cl)c(Cl)c1Cl. The van der Waals surface area contributed by atoms with Crippen molar-refractivity contribution in [1.82, 2.24) is 0 Å². The van der Waals surface area contributed by atoms with Crippen LogP contribution in [-0.2, 0) is 0 Å². The number of hydrogen-bond acceptors (Lipinski definition) is 1. The van der Waals surface area contributed by atoms with Gasteiger partial charge < -0.3 is 5.73 Å². The quantitative estimate of drug-likeness (QED) is 0.820. The van der Waals surface area contributed by atoms with E-state index in [9.17, 15) is 4.79 Å². The summed E-state index contributed by atoms with van der Waals surface area (Å²) in [5, 5.41) is 0.926. The summed E-state index contributed by atoms with van der Waals surface area (Å²) in [4.78, 5) is 11.4. The summed E-state index contributed by atoms with van der Waals surface area (Å²) in [7, 11) is 0. The molecule has 0 aliphatic rings. The third-order valence-corrected chi connectivity index (χ3v) is 3.81. The van der Waals surface area contributed by atoms with E-state index < -0.39 is 5.91 Å². The molecule has 0 spiro atoms. The molecule has 0 radical (unpaired) electrons. The van der Waals surface area contributed by atoms with Crippen molar-refractivity contribution in [3.05, 3.63) is 57.0 Å². The highest BCUT2D eigenvalue weighted by Gasteiger charge is 2.15. The lowest BCUT2D eigenvalue weighted by molar-refractivity contribution is 0.100. The van der Waals surface area contributed by atoms with Crippen LogP contribution in [0.4, 0.5) is 0 Å². The van der Waals surface area contributed by atoms with Gasteiger partial charge in [-0.05, 0) is 17.7 Å². The smallest absolute Gasteiger partial charge is 0.249 e. The van der Waals surface area contributed by atoms with Crippen LogP contribution in [0.5, 0.6) is 0 Å². The number of rotatable bonds is 2. The van der Waals surface area contributed by atoms with Crippen molar-refractivity contribution >= 4 is 40.7 Å². The molecule has 0 heterocycles. The van der Waals surface area contributed by atoms with Crippen LogP contribution in [0, 0.1) is 0 Å². The van der Waals surface area contributed by atoms with E-state index >= 15 is 0 Å². The van der Waals surface area contributed by atoms with Crippen molar-refractivity contribution in [1.29, 1.82) is 0 Å². The van der Waals surface area contributed by atoms with Gasteiger partial charge in [0.25, 0.3) is 0 Å². The highest BCUT2D eigenvalue weighted by atomic mass is 35.5. The molecule has 2 aromatic rings. The molecule has 2 N–H and O–H groups in total. The second-order valence-corrected chi connectivity index (χ2v) is 4.80. The molecule has 0 saturated heterocycles. The molecule has 2 aromatic carbocycles. The predicted octanol–water partition coefficient (Wildman–Crippen LogP) is 4.41. The molecular weight excluding hydrogens is 293 g/mol. The first-order valence-electron chi connectivity index (χ1n) is 5.05. The van der Waals surface area contributed by atoms with Crippen LogP contribution >= 0.6 is 34.8 Å². The van der Waals surface area contributed by atoms with E-state index in [-0.39, 0.29) is 5.02 Å². The van der Waals surface area contributed by atoms with E-state index in [0.717, 1.165) is 0 Å². The average molecular weight is 301 g/mol. The van der Waals surface area contributed by atoms with Crippen LogP contribution in [-0.4, -0.2) is 5.91 Å². The minimum Gasteiger partial charge on any atom is -0.366 e. The lowest BCUT2D eigenvalue weighted by Gasteiger charge is -2.10. The third-order valence-electron chi connectivity index (χ3n) is 2.52. The van der Waals surface area contributed by atoms with E-state index in [4.69, 9.17) is 40.5 Å². The van der Waals surface area contributed by atoms with Gasteiger partial charge in [-0.1, -0.05) is 59.1 Å². The Morgan fingerprint density at radius 1 is 0.889 bits per heavy atom. The topological polar surface area (TPSA) is 43.1 Å². The number of amides is 1. The van der Waals surface area contributed by atoms with Crippen molar-refractivity contribution in [3.63, 3.8) is 0 Å². The second kappa shape index (κ2) is 5.19. The molecule has 0 unspecified atom stereocenters. The Morgan fingerprint density at radius 2 is 1.56 bits per heavy atom. The molecular formula is C13H8Cl3NO. The molecule has 0 aromatic heterocycles. The highest BCUT2D eigenvalue weighted by molar-refractivity contribution is 6.49. The maximum atomic E-state index is 11.4. The Balaban J connectivity index is 2.70. The van der Waals surface area contributed by atoms with Gasteiger partial charge in [0, 0.05) is 11.1 Å². The number of hydrogen-bond donors (Lipinski definition) is 1. The summed E-state index contributed by atoms with van der Waals surface area (Å²) in [6.07, 6.45) is 0. The zero-order valence-electron chi connectivity index (χ0n) is 9.08. The van der Waals surface area contributed by atoms with Crippen LogP contribution in [0.2, 0.25) is 15.1 Å². The summed E-state index contributed by atoms with van der Waals surface area (Å²) < 4.78 is 0. The van der Waals surface area contributed by atoms with Crippen molar-refractivity contribution in [2.75, 3.05) is 0 Å². The first-order valence-corrected chi connectivity index (χ1v) is 6.18. The van der Waals surface area contributed by atoms with Crippen molar-refractivity contribution in [2.45, 2.75) is 0 Å².